The molecule has 0 fully saturated rings. The van der Waals surface area contributed by atoms with E-state index in [1.54, 1.807) is 25.3 Å². The van der Waals surface area contributed by atoms with Gasteiger partial charge >= 0.3 is 0 Å². The highest BCUT2D eigenvalue weighted by Crippen LogP contribution is 2.21. The number of ether oxygens (including phenoxy) is 2. The van der Waals surface area contributed by atoms with Crippen molar-refractivity contribution in [3.63, 3.8) is 0 Å². The van der Waals surface area contributed by atoms with Crippen LogP contribution >= 0.6 is 0 Å². The molecule has 2 aromatic carbocycles. The van der Waals surface area contributed by atoms with Gasteiger partial charge in [0.1, 0.15) is 12.4 Å². The van der Waals surface area contributed by atoms with Crippen LogP contribution in [-0.4, -0.2) is 39.2 Å². The van der Waals surface area contributed by atoms with Gasteiger partial charge in [-0.05, 0) is 56.3 Å². The number of aromatic nitrogens is 1. The number of methoxy groups -OCH3 is 1. The molecule has 31 heavy (non-hydrogen) atoms. The molecule has 0 radical (unpaired) electrons. The van der Waals surface area contributed by atoms with Gasteiger partial charge in [0.25, 0.3) is 15.9 Å². The van der Waals surface area contributed by atoms with Gasteiger partial charge in [0.05, 0.1) is 17.1 Å². The number of amides is 1. The van der Waals surface area contributed by atoms with Crippen molar-refractivity contribution in [1.29, 1.82) is 0 Å². The molecule has 2 N–H and O–H groups in total. The molecule has 0 bridgehead atoms. The maximum atomic E-state index is 12.7. The Morgan fingerprint density at radius 3 is 2.32 bits per heavy atom. The van der Waals surface area contributed by atoms with Crippen LogP contribution in [-0.2, 0) is 14.8 Å². The Labute approximate surface area is 181 Å². The van der Waals surface area contributed by atoms with E-state index < -0.39 is 15.9 Å². The molecule has 0 atom stereocenters. The van der Waals surface area contributed by atoms with Gasteiger partial charge in [-0.3, -0.25) is 10.2 Å². The van der Waals surface area contributed by atoms with Crippen molar-refractivity contribution in [3.8, 4) is 11.4 Å². The summed E-state index contributed by atoms with van der Waals surface area (Å²) in [5, 5.41) is 0. The van der Waals surface area contributed by atoms with Crippen LogP contribution in [0, 0.1) is 13.8 Å². The molecule has 8 nitrogen and oxygen atoms in total. The average molecular weight is 444 g/mol. The van der Waals surface area contributed by atoms with Crippen molar-refractivity contribution in [3.05, 3.63) is 77.6 Å². The van der Waals surface area contributed by atoms with E-state index >= 15 is 0 Å². The lowest BCUT2D eigenvalue weighted by Gasteiger charge is -2.11. The molecular formula is C22H25N3O5S. The smallest absolute Gasteiger partial charge is 0.268 e. The highest BCUT2D eigenvalue weighted by Gasteiger charge is 2.20. The van der Waals surface area contributed by atoms with E-state index in [9.17, 15) is 13.2 Å². The molecule has 1 heterocycles. The summed E-state index contributed by atoms with van der Waals surface area (Å²) in [7, 11) is -2.37. The van der Waals surface area contributed by atoms with E-state index in [0.29, 0.717) is 30.2 Å². The molecular weight excluding hydrogens is 418 g/mol. The Balaban J connectivity index is 1.69. The van der Waals surface area contributed by atoms with E-state index in [2.05, 4.69) is 10.3 Å². The van der Waals surface area contributed by atoms with Crippen LogP contribution < -0.4 is 15.0 Å². The number of nitrogens with zero attached hydrogens (tertiary/aromatic N) is 1. The van der Waals surface area contributed by atoms with Crippen LogP contribution in [0.3, 0.4) is 0 Å². The SMILES string of the molecule is COCCOc1ccc(S(=O)(=O)NNC(=O)c2cc(C)n(-c3ccccc3)c2C)cc1. The largest absolute Gasteiger partial charge is 0.491 e. The lowest BCUT2D eigenvalue weighted by molar-refractivity contribution is 0.0944. The minimum Gasteiger partial charge on any atom is -0.491 e. The third-order valence-corrected chi connectivity index (χ3v) is 5.94. The van der Waals surface area contributed by atoms with Gasteiger partial charge in [-0.1, -0.05) is 18.2 Å². The zero-order valence-corrected chi connectivity index (χ0v) is 18.4. The third kappa shape index (κ3) is 5.32. The van der Waals surface area contributed by atoms with Crippen LogP contribution in [0.25, 0.3) is 5.69 Å². The predicted octanol–water partition coefficient (Wildman–Crippen LogP) is 2.74. The van der Waals surface area contributed by atoms with E-state index in [1.165, 1.54) is 12.1 Å². The van der Waals surface area contributed by atoms with E-state index in [1.807, 2.05) is 48.7 Å². The maximum Gasteiger partial charge on any atom is 0.268 e. The first-order valence-electron chi connectivity index (χ1n) is 9.62. The first kappa shape index (κ1) is 22.5. The van der Waals surface area contributed by atoms with Gasteiger partial charge in [0.2, 0.25) is 0 Å². The van der Waals surface area contributed by atoms with Crippen molar-refractivity contribution < 1.29 is 22.7 Å². The average Bonchev–Trinajstić information content (AvgIpc) is 3.07. The quantitative estimate of drug-likeness (QED) is 0.391. The van der Waals surface area contributed by atoms with E-state index in [0.717, 1.165) is 11.4 Å². The van der Waals surface area contributed by atoms with E-state index in [-0.39, 0.29) is 4.90 Å². The monoisotopic (exact) mass is 443 g/mol. The Kier molecular flexibility index (Phi) is 7.11. The topological polar surface area (TPSA) is 98.7 Å². The number of carbonyl (C=O) groups is 1. The fraction of sp³-hybridized carbons (Fsp3) is 0.227. The first-order chi connectivity index (χ1) is 14.8. The zero-order chi connectivity index (χ0) is 22.4. The van der Waals surface area contributed by atoms with Crippen molar-refractivity contribution in [2.24, 2.45) is 0 Å². The molecule has 1 aromatic heterocycles. The zero-order valence-electron chi connectivity index (χ0n) is 17.6. The van der Waals surface area contributed by atoms with Crippen molar-refractivity contribution in [2.45, 2.75) is 18.7 Å². The van der Waals surface area contributed by atoms with Crippen molar-refractivity contribution in [1.82, 2.24) is 14.8 Å². The van der Waals surface area contributed by atoms with Gasteiger partial charge in [0, 0.05) is 24.2 Å². The number of nitrogens with one attached hydrogen (secondary N) is 2. The van der Waals surface area contributed by atoms with Crippen LogP contribution in [0.5, 0.6) is 5.75 Å². The highest BCUT2D eigenvalue weighted by molar-refractivity contribution is 7.89. The van der Waals surface area contributed by atoms with Crippen LogP contribution in [0.4, 0.5) is 0 Å². The third-order valence-electron chi connectivity index (χ3n) is 4.68. The lowest BCUT2D eigenvalue weighted by Crippen LogP contribution is -2.41. The summed E-state index contributed by atoms with van der Waals surface area (Å²) in [6.45, 7) is 4.49. The molecule has 3 rings (SSSR count). The second kappa shape index (κ2) is 9.78. The summed E-state index contributed by atoms with van der Waals surface area (Å²) in [6, 6.07) is 17.2. The number of para-hydroxylation sites is 1. The summed E-state index contributed by atoms with van der Waals surface area (Å²) < 4.78 is 37.3. The number of aryl methyl sites for hydroxylation is 1. The van der Waals surface area contributed by atoms with Gasteiger partial charge in [-0.25, -0.2) is 8.42 Å². The Morgan fingerprint density at radius 2 is 1.68 bits per heavy atom. The molecule has 3 aromatic rings. The second-order valence-electron chi connectivity index (χ2n) is 6.83. The number of carbonyl (C=O) groups excluding carboxylic acids is 1. The number of benzene rings is 2. The summed E-state index contributed by atoms with van der Waals surface area (Å²) in [4.78, 5) is 14.8. The molecule has 164 valence electrons. The Bertz CT molecular complexity index is 1140. The molecule has 0 unspecified atom stereocenters. The Hall–Kier alpha value is -3.14. The van der Waals surface area contributed by atoms with Gasteiger partial charge in [-0.15, -0.1) is 4.83 Å². The molecule has 0 aliphatic carbocycles. The minimum atomic E-state index is -3.94. The molecule has 1 amide bonds. The lowest BCUT2D eigenvalue weighted by atomic mass is 10.2. The number of rotatable bonds is 9. The second-order valence-corrected chi connectivity index (χ2v) is 8.51. The first-order valence-corrected chi connectivity index (χ1v) is 11.1. The molecule has 0 aliphatic rings. The summed E-state index contributed by atoms with van der Waals surface area (Å²) in [5.41, 5.74) is 5.16. The molecule has 0 saturated heterocycles. The normalized spacial score (nSPS) is 11.3. The number of hydrogen-bond acceptors (Lipinski definition) is 5. The van der Waals surface area contributed by atoms with Gasteiger partial charge in [0.15, 0.2) is 0 Å². The number of hydrazine groups is 1. The molecule has 0 saturated carbocycles. The summed E-state index contributed by atoms with van der Waals surface area (Å²) in [6.07, 6.45) is 0. The van der Waals surface area contributed by atoms with Crippen LogP contribution in [0.15, 0.2) is 65.6 Å². The Morgan fingerprint density at radius 1 is 1.00 bits per heavy atom. The molecule has 9 heteroatoms. The standard InChI is InChI=1S/C22H25N3O5S/c1-16-15-21(17(2)25(16)18-7-5-4-6-8-18)22(26)23-24-31(27,28)20-11-9-19(10-12-20)30-14-13-29-3/h4-12,15,24H,13-14H2,1-3H3,(H,23,26). The van der Waals surface area contributed by atoms with E-state index in [4.69, 9.17) is 9.47 Å². The fourth-order valence-electron chi connectivity index (χ4n) is 3.16. The minimum absolute atomic E-state index is 0.00153. The van der Waals surface area contributed by atoms with Crippen LogP contribution in [0.1, 0.15) is 21.7 Å². The molecule has 0 aliphatic heterocycles. The highest BCUT2D eigenvalue weighted by atomic mass is 32.2. The van der Waals surface area contributed by atoms with Crippen LogP contribution in [0.2, 0.25) is 0 Å². The summed E-state index contributed by atoms with van der Waals surface area (Å²) >= 11 is 0. The van der Waals surface area contributed by atoms with Gasteiger partial charge < -0.3 is 14.0 Å². The number of sulfonamides is 1. The fourth-order valence-corrected chi connectivity index (χ4v) is 4.00. The predicted molar refractivity (Wildman–Crippen MR) is 117 cm³/mol. The maximum absolute atomic E-state index is 12.7. The molecule has 0 spiro atoms. The summed E-state index contributed by atoms with van der Waals surface area (Å²) in [5.74, 6) is -0.0215. The van der Waals surface area contributed by atoms with Crippen molar-refractivity contribution >= 4 is 15.9 Å². The van der Waals surface area contributed by atoms with Gasteiger partial charge in [-0.2, -0.15) is 0 Å². The number of hydrogen-bond donors (Lipinski definition) is 2. The van der Waals surface area contributed by atoms with Crippen molar-refractivity contribution in [2.75, 3.05) is 20.3 Å².